The van der Waals surface area contributed by atoms with Crippen LogP contribution in [-0.4, -0.2) is 29.4 Å². The van der Waals surface area contributed by atoms with Crippen LogP contribution in [0.4, 0.5) is 0 Å². The second-order valence-electron chi connectivity index (χ2n) is 4.45. The number of amides is 1. The molecule has 0 aromatic carbocycles. The van der Waals surface area contributed by atoms with E-state index in [0.29, 0.717) is 6.42 Å². The Bertz CT molecular complexity index is 394. The van der Waals surface area contributed by atoms with E-state index in [9.17, 15) is 4.79 Å². The standard InChI is InChI=1S/C13H19NO2S2/c1-2-10(3-5-15)14-13(16)12-7-9-8-17-6-4-11(9)18-12/h7,10,15H,2-6,8H2,1H3,(H,14,16). The number of aryl methyl sites for hydroxylation is 1. The van der Waals surface area contributed by atoms with Crippen LogP contribution in [0.25, 0.3) is 0 Å². The minimum absolute atomic E-state index is 0.0136. The first-order chi connectivity index (χ1) is 8.74. The lowest BCUT2D eigenvalue weighted by Gasteiger charge is -2.14. The van der Waals surface area contributed by atoms with E-state index in [2.05, 4.69) is 5.32 Å². The number of thioether (sulfide) groups is 1. The molecule has 1 aliphatic heterocycles. The van der Waals surface area contributed by atoms with Gasteiger partial charge in [-0.15, -0.1) is 11.3 Å². The summed E-state index contributed by atoms with van der Waals surface area (Å²) in [5, 5.41) is 11.9. The molecule has 1 aromatic heterocycles. The summed E-state index contributed by atoms with van der Waals surface area (Å²) in [6.45, 7) is 2.15. The normalized spacial score (nSPS) is 16.1. The van der Waals surface area contributed by atoms with Gasteiger partial charge < -0.3 is 10.4 Å². The number of fused-ring (bicyclic) bond motifs is 1. The lowest BCUT2D eigenvalue weighted by Crippen LogP contribution is -2.34. The molecule has 0 radical (unpaired) electrons. The van der Waals surface area contributed by atoms with E-state index in [-0.39, 0.29) is 18.6 Å². The lowest BCUT2D eigenvalue weighted by molar-refractivity contribution is 0.0933. The maximum absolute atomic E-state index is 12.1. The first-order valence-electron chi connectivity index (χ1n) is 6.35. The fourth-order valence-electron chi connectivity index (χ4n) is 2.05. The van der Waals surface area contributed by atoms with E-state index in [1.807, 2.05) is 24.8 Å². The van der Waals surface area contributed by atoms with Crippen molar-refractivity contribution in [2.24, 2.45) is 0 Å². The summed E-state index contributed by atoms with van der Waals surface area (Å²) < 4.78 is 0. The third kappa shape index (κ3) is 3.28. The summed E-state index contributed by atoms with van der Waals surface area (Å²) in [5.74, 6) is 2.21. The van der Waals surface area contributed by atoms with Crippen molar-refractivity contribution >= 4 is 29.0 Å². The van der Waals surface area contributed by atoms with Gasteiger partial charge in [0.1, 0.15) is 0 Å². The average Bonchev–Trinajstić information content (AvgIpc) is 2.82. The molecule has 1 aliphatic rings. The van der Waals surface area contributed by atoms with Crippen LogP contribution in [-0.2, 0) is 12.2 Å². The SMILES string of the molecule is CCC(CCO)NC(=O)c1cc2c(s1)CCSC2. The van der Waals surface area contributed by atoms with E-state index >= 15 is 0 Å². The average molecular weight is 285 g/mol. The highest BCUT2D eigenvalue weighted by Gasteiger charge is 2.19. The Kier molecular flexibility index (Phi) is 5.09. The van der Waals surface area contributed by atoms with Gasteiger partial charge in [0, 0.05) is 23.3 Å². The smallest absolute Gasteiger partial charge is 0.261 e. The largest absolute Gasteiger partial charge is 0.396 e. The summed E-state index contributed by atoms with van der Waals surface area (Å²) >= 11 is 3.56. The van der Waals surface area contributed by atoms with Crippen molar-refractivity contribution in [1.82, 2.24) is 5.32 Å². The Hall–Kier alpha value is -0.520. The Labute approximate surface area is 116 Å². The van der Waals surface area contributed by atoms with Crippen LogP contribution < -0.4 is 5.32 Å². The fraction of sp³-hybridized carbons (Fsp3) is 0.615. The van der Waals surface area contributed by atoms with Crippen molar-refractivity contribution in [2.75, 3.05) is 12.4 Å². The van der Waals surface area contributed by atoms with Crippen LogP contribution in [0.3, 0.4) is 0 Å². The molecule has 0 saturated carbocycles. The Morgan fingerprint density at radius 3 is 3.11 bits per heavy atom. The molecule has 0 fully saturated rings. The van der Waals surface area contributed by atoms with E-state index in [1.165, 1.54) is 10.4 Å². The van der Waals surface area contributed by atoms with Gasteiger partial charge in [0.2, 0.25) is 0 Å². The Morgan fingerprint density at radius 2 is 2.44 bits per heavy atom. The molecule has 2 N–H and O–H groups in total. The van der Waals surface area contributed by atoms with Crippen molar-refractivity contribution in [2.45, 2.75) is 38.0 Å². The van der Waals surface area contributed by atoms with Crippen LogP contribution in [0.2, 0.25) is 0 Å². The lowest BCUT2D eigenvalue weighted by atomic mass is 10.1. The fourth-order valence-corrected chi connectivity index (χ4v) is 4.33. The number of aliphatic hydroxyl groups is 1. The highest BCUT2D eigenvalue weighted by atomic mass is 32.2. The molecule has 2 heterocycles. The van der Waals surface area contributed by atoms with Crippen LogP contribution in [0.1, 0.15) is 39.9 Å². The number of thiophene rings is 1. The van der Waals surface area contributed by atoms with Crippen molar-refractivity contribution in [3.05, 3.63) is 21.4 Å². The van der Waals surface area contributed by atoms with Crippen molar-refractivity contribution < 1.29 is 9.90 Å². The van der Waals surface area contributed by atoms with Gasteiger partial charge in [-0.25, -0.2) is 0 Å². The number of rotatable bonds is 5. The zero-order valence-electron chi connectivity index (χ0n) is 10.6. The van der Waals surface area contributed by atoms with Crippen molar-refractivity contribution in [1.29, 1.82) is 0 Å². The van der Waals surface area contributed by atoms with Gasteiger partial charge in [0.15, 0.2) is 0 Å². The number of hydrogen-bond donors (Lipinski definition) is 2. The first-order valence-corrected chi connectivity index (χ1v) is 8.32. The molecule has 2 rings (SSSR count). The van der Waals surface area contributed by atoms with Gasteiger partial charge in [-0.2, -0.15) is 11.8 Å². The summed E-state index contributed by atoms with van der Waals surface area (Å²) in [5.41, 5.74) is 1.33. The highest BCUT2D eigenvalue weighted by Crippen LogP contribution is 2.31. The second-order valence-corrected chi connectivity index (χ2v) is 6.69. The van der Waals surface area contributed by atoms with E-state index in [1.54, 1.807) is 11.3 Å². The molecule has 0 bridgehead atoms. The van der Waals surface area contributed by atoms with Gasteiger partial charge in [0.25, 0.3) is 5.91 Å². The summed E-state index contributed by atoms with van der Waals surface area (Å²) in [6, 6.07) is 2.11. The van der Waals surface area contributed by atoms with Gasteiger partial charge >= 0.3 is 0 Å². The molecular formula is C13H19NO2S2. The number of hydrogen-bond acceptors (Lipinski definition) is 4. The van der Waals surface area contributed by atoms with Crippen LogP contribution >= 0.6 is 23.1 Å². The molecule has 1 aromatic rings. The summed E-state index contributed by atoms with van der Waals surface area (Å²) in [6.07, 6.45) is 2.57. The minimum Gasteiger partial charge on any atom is -0.396 e. The molecule has 0 saturated heterocycles. The monoisotopic (exact) mass is 285 g/mol. The predicted octanol–water partition coefficient (Wildman–Crippen LogP) is 2.43. The molecule has 18 heavy (non-hydrogen) atoms. The highest BCUT2D eigenvalue weighted by molar-refractivity contribution is 7.98. The number of aliphatic hydroxyl groups excluding tert-OH is 1. The quantitative estimate of drug-likeness (QED) is 0.873. The number of nitrogens with one attached hydrogen (secondary N) is 1. The van der Waals surface area contributed by atoms with E-state index in [0.717, 1.165) is 29.2 Å². The second kappa shape index (κ2) is 6.59. The maximum atomic E-state index is 12.1. The molecular weight excluding hydrogens is 266 g/mol. The maximum Gasteiger partial charge on any atom is 0.261 e. The van der Waals surface area contributed by atoms with E-state index < -0.39 is 0 Å². The molecule has 100 valence electrons. The molecule has 0 spiro atoms. The summed E-state index contributed by atoms with van der Waals surface area (Å²) in [7, 11) is 0. The van der Waals surface area contributed by atoms with Crippen molar-refractivity contribution in [3.63, 3.8) is 0 Å². The first kappa shape index (κ1) is 13.9. The molecule has 0 aliphatic carbocycles. The van der Waals surface area contributed by atoms with Crippen LogP contribution in [0, 0.1) is 0 Å². The molecule has 1 amide bonds. The van der Waals surface area contributed by atoms with Gasteiger partial charge in [-0.05, 0) is 36.6 Å². The minimum atomic E-state index is 0.0136. The van der Waals surface area contributed by atoms with Crippen molar-refractivity contribution in [3.8, 4) is 0 Å². The topological polar surface area (TPSA) is 49.3 Å². The summed E-state index contributed by atoms with van der Waals surface area (Å²) in [4.78, 5) is 14.3. The zero-order chi connectivity index (χ0) is 13.0. The third-order valence-corrected chi connectivity index (χ3v) is 5.40. The van der Waals surface area contributed by atoms with Gasteiger partial charge in [-0.1, -0.05) is 6.92 Å². The van der Waals surface area contributed by atoms with Crippen LogP contribution in [0.5, 0.6) is 0 Å². The Balaban J connectivity index is 2.02. The Morgan fingerprint density at radius 1 is 1.61 bits per heavy atom. The third-order valence-electron chi connectivity index (χ3n) is 3.16. The molecule has 3 nitrogen and oxygen atoms in total. The number of carbonyl (C=O) groups excluding carboxylic acids is 1. The molecule has 1 unspecified atom stereocenters. The zero-order valence-corrected chi connectivity index (χ0v) is 12.2. The predicted molar refractivity (Wildman–Crippen MR) is 77.4 cm³/mol. The molecule has 1 atom stereocenters. The molecule has 5 heteroatoms. The number of carbonyl (C=O) groups is 1. The van der Waals surface area contributed by atoms with Crippen LogP contribution in [0.15, 0.2) is 6.07 Å². The van der Waals surface area contributed by atoms with Gasteiger partial charge in [0.05, 0.1) is 4.88 Å². The van der Waals surface area contributed by atoms with E-state index in [4.69, 9.17) is 5.11 Å². The van der Waals surface area contributed by atoms with Gasteiger partial charge in [-0.3, -0.25) is 4.79 Å².